The van der Waals surface area contributed by atoms with E-state index in [0.717, 1.165) is 88.9 Å². The van der Waals surface area contributed by atoms with Crippen LogP contribution < -0.4 is 0 Å². The zero-order chi connectivity index (χ0) is 18.4. The lowest BCUT2D eigenvalue weighted by atomic mass is 10.0. The summed E-state index contributed by atoms with van der Waals surface area (Å²) in [6.07, 6.45) is 3.20. The van der Waals surface area contributed by atoms with Crippen molar-refractivity contribution in [2.75, 3.05) is 52.6 Å². The smallest absolute Gasteiger partial charge is 0.227 e. The Hall–Kier alpha value is -1.44. The monoisotopic (exact) mass is 365 g/mol. The van der Waals surface area contributed by atoms with Gasteiger partial charge in [-0.1, -0.05) is 5.16 Å². The number of morpholine rings is 1. The van der Waals surface area contributed by atoms with Crippen molar-refractivity contribution in [1.82, 2.24) is 15.0 Å². The van der Waals surface area contributed by atoms with Gasteiger partial charge in [0, 0.05) is 51.0 Å². The molecule has 1 aromatic rings. The molecule has 0 spiro atoms. The summed E-state index contributed by atoms with van der Waals surface area (Å²) < 4.78 is 16.1. The van der Waals surface area contributed by atoms with Crippen molar-refractivity contribution in [3.8, 4) is 0 Å². The summed E-state index contributed by atoms with van der Waals surface area (Å²) in [7, 11) is 0. The molecule has 1 aromatic heterocycles. The van der Waals surface area contributed by atoms with Crippen molar-refractivity contribution in [1.29, 1.82) is 0 Å². The van der Waals surface area contributed by atoms with Crippen LogP contribution in [0.15, 0.2) is 4.52 Å². The van der Waals surface area contributed by atoms with Gasteiger partial charge in [0.2, 0.25) is 5.91 Å². The minimum atomic E-state index is 0.174. The van der Waals surface area contributed by atoms with E-state index in [9.17, 15) is 4.79 Å². The molecule has 2 fully saturated rings. The summed E-state index contributed by atoms with van der Waals surface area (Å²) in [5.74, 6) is 0.921. The number of aryl methyl sites for hydroxylation is 2. The van der Waals surface area contributed by atoms with E-state index in [1.165, 1.54) is 0 Å². The molecule has 0 aliphatic carbocycles. The molecule has 0 atom stereocenters. The molecule has 2 saturated heterocycles. The molecule has 7 nitrogen and oxygen atoms in total. The molecule has 0 saturated carbocycles. The lowest BCUT2D eigenvalue weighted by Gasteiger charge is -2.35. The number of amides is 1. The molecular weight excluding hydrogens is 334 g/mol. The van der Waals surface area contributed by atoms with Gasteiger partial charge in [0.25, 0.3) is 0 Å². The van der Waals surface area contributed by atoms with E-state index in [1.54, 1.807) is 0 Å². The summed E-state index contributed by atoms with van der Waals surface area (Å²) in [5.41, 5.74) is 1.75. The first kappa shape index (κ1) is 19.3. The lowest BCUT2D eigenvalue weighted by molar-refractivity contribution is -0.134. The molecule has 146 valence electrons. The largest absolute Gasteiger partial charge is 0.381 e. The summed E-state index contributed by atoms with van der Waals surface area (Å²) in [4.78, 5) is 17.6. The minimum absolute atomic E-state index is 0.174. The minimum Gasteiger partial charge on any atom is -0.381 e. The second kappa shape index (κ2) is 9.48. The Bertz CT molecular complexity index is 558. The SMILES string of the molecule is Cc1noc(C)c1CC(=O)N(CCCN1CCOCC1)C1CCOCC1. The van der Waals surface area contributed by atoms with Crippen LogP contribution in [-0.2, 0) is 20.7 Å². The van der Waals surface area contributed by atoms with Gasteiger partial charge in [0.1, 0.15) is 5.76 Å². The topological polar surface area (TPSA) is 68.0 Å². The first-order valence-electron chi connectivity index (χ1n) is 9.74. The maximum Gasteiger partial charge on any atom is 0.227 e. The molecule has 3 rings (SSSR count). The number of hydrogen-bond acceptors (Lipinski definition) is 6. The van der Waals surface area contributed by atoms with Crippen LogP contribution in [0.4, 0.5) is 0 Å². The number of carbonyl (C=O) groups excluding carboxylic acids is 1. The van der Waals surface area contributed by atoms with Gasteiger partial charge >= 0.3 is 0 Å². The van der Waals surface area contributed by atoms with E-state index in [-0.39, 0.29) is 11.9 Å². The second-order valence-electron chi connectivity index (χ2n) is 7.22. The second-order valence-corrected chi connectivity index (χ2v) is 7.22. The Morgan fingerprint density at radius 1 is 1.15 bits per heavy atom. The van der Waals surface area contributed by atoms with Gasteiger partial charge in [-0.05, 0) is 33.1 Å². The molecule has 2 aliphatic rings. The van der Waals surface area contributed by atoms with Crippen LogP contribution in [0.25, 0.3) is 0 Å². The van der Waals surface area contributed by atoms with Crippen molar-refractivity contribution >= 4 is 5.91 Å². The van der Waals surface area contributed by atoms with Crippen molar-refractivity contribution in [3.05, 3.63) is 17.0 Å². The number of hydrogen-bond donors (Lipinski definition) is 0. The van der Waals surface area contributed by atoms with Gasteiger partial charge < -0.3 is 18.9 Å². The van der Waals surface area contributed by atoms with E-state index in [0.29, 0.717) is 6.42 Å². The van der Waals surface area contributed by atoms with Crippen molar-refractivity contribution in [3.63, 3.8) is 0 Å². The van der Waals surface area contributed by atoms with E-state index in [1.807, 2.05) is 13.8 Å². The first-order valence-corrected chi connectivity index (χ1v) is 9.74. The average Bonchev–Trinajstić information content (AvgIpc) is 2.98. The molecule has 0 N–H and O–H groups in total. The third-order valence-corrected chi connectivity index (χ3v) is 5.44. The lowest BCUT2D eigenvalue weighted by Crippen LogP contribution is -2.46. The highest BCUT2D eigenvalue weighted by Crippen LogP contribution is 2.19. The standard InChI is InChI=1S/C19H31N3O4/c1-15-18(16(2)26-20-15)14-19(23)22(17-4-10-24-11-5-17)7-3-6-21-8-12-25-13-9-21/h17H,3-14H2,1-2H3. The summed E-state index contributed by atoms with van der Waals surface area (Å²) in [6, 6.07) is 0.279. The van der Waals surface area contributed by atoms with Crippen LogP contribution in [0, 0.1) is 13.8 Å². The molecule has 0 aromatic carbocycles. The number of aromatic nitrogens is 1. The molecular formula is C19H31N3O4. The highest BCUT2D eigenvalue weighted by molar-refractivity contribution is 5.79. The molecule has 7 heteroatoms. The first-order chi connectivity index (χ1) is 12.6. The normalized spacial score (nSPS) is 19.6. The molecule has 2 aliphatic heterocycles. The average molecular weight is 365 g/mol. The Morgan fingerprint density at radius 2 is 1.85 bits per heavy atom. The van der Waals surface area contributed by atoms with Gasteiger partial charge in [0.05, 0.1) is 25.3 Å². The molecule has 0 unspecified atom stereocenters. The highest BCUT2D eigenvalue weighted by atomic mass is 16.5. The summed E-state index contributed by atoms with van der Waals surface area (Å²) in [6.45, 7) is 10.7. The predicted molar refractivity (Wildman–Crippen MR) is 97.1 cm³/mol. The predicted octanol–water partition coefficient (Wildman–Crippen LogP) is 1.56. The van der Waals surface area contributed by atoms with Crippen molar-refractivity contribution in [2.45, 2.75) is 45.6 Å². The van der Waals surface area contributed by atoms with E-state index in [2.05, 4.69) is 15.0 Å². The molecule has 0 radical (unpaired) electrons. The number of nitrogens with zero attached hydrogens (tertiary/aromatic N) is 3. The molecule has 0 bridgehead atoms. The van der Waals surface area contributed by atoms with Gasteiger partial charge in [-0.15, -0.1) is 0 Å². The fourth-order valence-electron chi connectivity index (χ4n) is 3.80. The van der Waals surface area contributed by atoms with E-state index < -0.39 is 0 Å². The third kappa shape index (κ3) is 5.05. The van der Waals surface area contributed by atoms with E-state index >= 15 is 0 Å². The van der Waals surface area contributed by atoms with Gasteiger partial charge in [-0.2, -0.15) is 0 Å². The van der Waals surface area contributed by atoms with Gasteiger partial charge in [-0.3, -0.25) is 9.69 Å². The molecule has 26 heavy (non-hydrogen) atoms. The van der Waals surface area contributed by atoms with Crippen LogP contribution in [0.2, 0.25) is 0 Å². The van der Waals surface area contributed by atoms with Crippen LogP contribution >= 0.6 is 0 Å². The van der Waals surface area contributed by atoms with Crippen LogP contribution in [0.3, 0.4) is 0 Å². The van der Waals surface area contributed by atoms with Crippen molar-refractivity contribution in [2.24, 2.45) is 0 Å². The van der Waals surface area contributed by atoms with E-state index in [4.69, 9.17) is 14.0 Å². The third-order valence-electron chi connectivity index (χ3n) is 5.44. The number of carbonyl (C=O) groups is 1. The Balaban J connectivity index is 1.59. The summed E-state index contributed by atoms with van der Waals surface area (Å²) in [5, 5.41) is 3.98. The fourth-order valence-corrected chi connectivity index (χ4v) is 3.80. The number of ether oxygens (including phenoxy) is 2. The highest BCUT2D eigenvalue weighted by Gasteiger charge is 2.27. The summed E-state index contributed by atoms with van der Waals surface area (Å²) >= 11 is 0. The molecule has 1 amide bonds. The quantitative estimate of drug-likeness (QED) is 0.731. The van der Waals surface area contributed by atoms with Crippen LogP contribution in [0.1, 0.15) is 36.3 Å². The number of rotatable bonds is 7. The Morgan fingerprint density at radius 3 is 2.50 bits per heavy atom. The van der Waals surface area contributed by atoms with Gasteiger partial charge in [0.15, 0.2) is 0 Å². The van der Waals surface area contributed by atoms with Crippen LogP contribution in [-0.4, -0.2) is 79.5 Å². The maximum atomic E-state index is 13.1. The zero-order valence-corrected chi connectivity index (χ0v) is 16.0. The van der Waals surface area contributed by atoms with Crippen LogP contribution in [0.5, 0.6) is 0 Å². The fraction of sp³-hybridized carbons (Fsp3) is 0.789. The maximum absolute atomic E-state index is 13.1. The molecule has 3 heterocycles. The zero-order valence-electron chi connectivity index (χ0n) is 16.0. The van der Waals surface area contributed by atoms with Crippen molar-refractivity contribution < 1.29 is 18.8 Å². The Kier molecular flexibility index (Phi) is 7.05. The van der Waals surface area contributed by atoms with Gasteiger partial charge in [-0.25, -0.2) is 0 Å². The Labute approximate surface area is 155 Å².